The maximum Gasteiger partial charge on any atom is 0.304 e. The summed E-state index contributed by atoms with van der Waals surface area (Å²) in [6, 6.07) is -0.230. The molecule has 1 aliphatic rings. The summed E-state index contributed by atoms with van der Waals surface area (Å²) in [6.07, 6.45) is 0.457. The van der Waals surface area contributed by atoms with Crippen LogP contribution in [0.25, 0.3) is 0 Å². The van der Waals surface area contributed by atoms with Gasteiger partial charge in [0.1, 0.15) is 0 Å². The maximum absolute atomic E-state index is 10.9. The Labute approximate surface area is 91.1 Å². The third kappa shape index (κ3) is 2.69. The van der Waals surface area contributed by atoms with Gasteiger partial charge in [-0.2, -0.15) is 0 Å². The number of nitrogens with two attached hydrogens (primary N) is 1. The van der Waals surface area contributed by atoms with Gasteiger partial charge in [0.05, 0.1) is 12.1 Å². The van der Waals surface area contributed by atoms with Gasteiger partial charge in [0, 0.05) is 6.92 Å². The highest BCUT2D eigenvalue weighted by molar-refractivity contribution is 5.66. The van der Waals surface area contributed by atoms with Crippen molar-refractivity contribution in [1.82, 2.24) is 0 Å². The van der Waals surface area contributed by atoms with Crippen LogP contribution in [0.3, 0.4) is 0 Å². The number of hydrogen-bond donors (Lipinski definition) is 1. The lowest BCUT2D eigenvalue weighted by Crippen LogP contribution is -2.54. The van der Waals surface area contributed by atoms with Crippen LogP contribution in [0.2, 0.25) is 0 Å². The molecule has 2 N–H and O–H groups in total. The first-order valence-corrected chi connectivity index (χ1v) is 5.55. The molecule has 0 radical (unpaired) electrons. The Bertz CT molecular complexity index is 230. The fraction of sp³-hybridized carbons (Fsp3) is 0.909. The molecule has 0 aromatic rings. The smallest absolute Gasteiger partial charge is 0.304 e. The first-order valence-electron chi connectivity index (χ1n) is 5.55. The molecule has 1 fully saturated rings. The molecule has 15 heavy (non-hydrogen) atoms. The first kappa shape index (κ1) is 12.5. The highest BCUT2D eigenvalue weighted by Crippen LogP contribution is 2.31. The van der Waals surface area contributed by atoms with E-state index >= 15 is 0 Å². The summed E-state index contributed by atoms with van der Waals surface area (Å²) in [4.78, 5) is 10.9. The predicted octanol–water partition coefficient (Wildman–Crippen LogP) is 1.28. The molecular formula is C11H21NO3. The van der Waals surface area contributed by atoms with Crippen molar-refractivity contribution in [1.29, 1.82) is 0 Å². The number of hydrogen-bond acceptors (Lipinski definition) is 4. The van der Waals surface area contributed by atoms with Crippen molar-refractivity contribution in [2.75, 3.05) is 0 Å². The van der Waals surface area contributed by atoms with Crippen molar-refractivity contribution in [3.63, 3.8) is 0 Å². The van der Waals surface area contributed by atoms with Crippen LogP contribution in [0.5, 0.6) is 0 Å². The lowest BCUT2D eigenvalue weighted by atomic mass is 9.81. The minimum Gasteiger partial charge on any atom is -0.434 e. The number of carbonyl (C=O) groups is 1. The Balaban J connectivity index is 2.69. The lowest BCUT2D eigenvalue weighted by Gasteiger charge is -2.42. The maximum atomic E-state index is 10.9. The Morgan fingerprint density at radius 2 is 2.00 bits per heavy atom. The summed E-state index contributed by atoms with van der Waals surface area (Å²) in [5, 5.41) is 0. The molecule has 1 saturated heterocycles. The van der Waals surface area contributed by atoms with Gasteiger partial charge in [-0.15, -0.1) is 0 Å². The zero-order valence-electron chi connectivity index (χ0n) is 9.90. The van der Waals surface area contributed by atoms with Crippen molar-refractivity contribution in [3.8, 4) is 0 Å². The average molecular weight is 215 g/mol. The fourth-order valence-electron chi connectivity index (χ4n) is 2.06. The van der Waals surface area contributed by atoms with Gasteiger partial charge < -0.3 is 15.2 Å². The topological polar surface area (TPSA) is 61.5 Å². The van der Waals surface area contributed by atoms with Crippen LogP contribution < -0.4 is 5.73 Å². The van der Waals surface area contributed by atoms with E-state index in [4.69, 9.17) is 15.2 Å². The van der Waals surface area contributed by atoms with Crippen molar-refractivity contribution in [2.24, 2.45) is 17.6 Å². The number of ether oxygens (including phenoxy) is 2. The summed E-state index contributed by atoms with van der Waals surface area (Å²) in [5.74, 6) is 0.358. The van der Waals surface area contributed by atoms with Gasteiger partial charge in [-0.25, -0.2) is 0 Å². The Morgan fingerprint density at radius 1 is 1.40 bits per heavy atom. The molecule has 1 aliphatic heterocycles. The quantitative estimate of drug-likeness (QED) is 0.705. The van der Waals surface area contributed by atoms with Crippen LogP contribution in [0, 0.1) is 11.8 Å². The van der Waals surface area contributed by atoms with E-state index in [1.165, 1.54) is 6.92 Å². The molecule has 4 nitrogen and oxygen atoms in total. The second-order valence-electron chi connectivity index (χ2n) is 4.36. The van der Waals surface area contributed by atoms with E-state index in [9.17, 15) is 4.79 Å². The third-order valence-corrected chi connectivity index (χ3v) is 3.33. The highest BCUT2D eigenvalue weighted by atomic mass is 16.7. The first-order chi connectivity index (χ1) is 6.97. The van der Waals surface area contributed by atoms with E-state index in [2.05, 4.69) is 20.8 Å². The summed E-state index contributed by atoms with van der Waals surface area (Å²) < 4.78 is 10.7. The van der Waals surface area contributed by atoms with E-state index in [1.54, 1.807) is 0 Å². The van der Waals surface area contributed by atoms with Crippen LogP contribution in [0.1, 0.15) is 34.1 Å². The summed E-state index contributed by atoms with van der Waals surface area (Å²) >= 11 is 0. The van der Waals surface area contributed by atoms with E-state index in [0.29, 0.717) is 11.8 Å². The van der Waals surface area contributed by atoms with Crippen LogP contribution in [0.4, 0.5) is 0 Å². The minimum atomic E-state index is -0.585. The molecule has 0 saturated carbocycles. The molecule has 1 rings (SSSR count). The predicted molar refractivity (Wildman–Crippen MR) is 57.0 cm³/mol. The molecule has 2 unspecified atom stereocenters. The van der Waals surface area contributed by atoms with Gasteiger partial charge in [0.2, 0.25) is 6.29 Å². The number of carbonyl (C=O) groups excluding carboxylic acids is 1. The molecule has 0 aliphatic carbocycles. The summed E-state index contributed by atoms with van der Waals surface area (Å²) in [5.41, 5.74) is 5.98. The fourth-order valence-corrected chi connectivity index (χ4v) is 2.06. The van der Waals surface area contributed by atoms with Crippen LogP contribution in [0.15, 0.2) is 0 Å². The number of esters is 1. The normalized spacial score (nSPS) is 41.3. The molecule has 0 bridgehead atoms. The van der Waals surface area contributed by atoms with Crippen LogP contribution in [-0.4, -0.2) is 24.4 Å². The second kappa shape index (κ2) is 4.94. The van der Waals surface area contributed by atoms with E-state index in [-0.39, 0.29) is 18.1 Å². The molecule has 0 aromatic heterocycles. The van der Waals surface area contributed by atoms with Gasteiger partial charge in [-0.05, 0) is 18.3 Å². The molecule has 1 heterocycles. The number of rotatable bonds is 2. The molecular weight excluding hydrogens is 194 g/mol. The molecule has 88 valence electrons. The lowest BCUT2D eigenvalue weighted by molar-refractivity contribution is -0.226. The Kier molecular flexibility index (Phi) is 4.11. The Morgan fingerprint density at radius 3 is 2.47 bits per heavy atom. The Hall–Kier alpha value is -0.610. The molecule has 4 heteroatoms. The van der Waals surface area contributed by atoms with Crippen LogP contribution >= 0.6 is 0 Å². The molecule has 0 spiro atoms. The minimum absolute atomic E-state index is 0.129. The van der Waals surface area contributed by atoms with E-state index < -0.39 is 6.29 Å². The van der Waals surface area contributed by atoms with Gasteiger partial charge in [0.15, 0.2) is 0 Å². The third-order valence-electron chi connectivity index (χ3n) is 3.33. The zero-order chi connectivity index (χ0) is 11.6. The van der Waals surface area contributed by atoms with Crippen molar-refractivity contribution in [2.45, 2.75) is 52.6 Å². The zero-order valence-corrected chi connectivity index (χ0v) is 9.90. The molecule has 0 amide bonds. The SMILES string of the molecule is CCC1O[C@@H](OC(C)=O)C(N)[C@@H](C)[C@@H]1C. The monoisotopic (exact) mass is 215 g/mol. The average Bonchev–Trinajstić information content (AvgIpc) is 2.18. The van der Waals surface area contributed by atoms with Gasteiger partial charge in [-0.1, -0.05) is 20.8 Å². The van der Waals surface area contributed by atoms with E-state index in [0.717, 1.165) is 6.42 Å². The van der Waals surface area contributed by atoms with Gasteiger partial charge >= 0.3 is 5.97 Å². The molecule has 0 aromatic carbocycles. The second-order valence-corrected chi connectivity index (χ2v) is 4.36. The standard InChI is InChI=1S/C11H21NO3/c1-5-9-6(2)7(3)10(12)11(15-9)14-8(4)13/h6-7,9-11H,5,12H2,1-4H3/t6-,7-,9?,10?,11+/m0/s1. The van der Waals surface area contributed by atoms with Gasteiger partial charge in [-0.3, -0.25) is 4.79 Å². The largest absolute Gasteiger partial charge is 0.434 e. The highest BCUT2D eigenvalue weighted by Gasteiger charge is 2.40. The van der Waals surface area contributed by atoms with Crippen molar-refractivity contribution < 1.29 is 14.3 Å². The van der Waals surface area contributed by atoms with Crippen LogP contribution in [-0.2, 0) is 14.3 Å². The van der Waals surface area contributed by atoms with E-state index in [1.807, 2.05) is 0 Å². The van der Waals surface area contributed by atoms with Crippen molar-refractivity contribution >= 4 is 5.97 Å². The molecule has 5 atom stereocenters. The summed E-state index contributed by atoms with van der Waals surface area (Å²) in [6.45, 7) is 7.65. The summed E-state index contributed by atoms with van der Waals surface area (Å²) in [7, 11) is 0. The van der Waals surface area contributed by atoms with Gasteiger partial charge in [0.25, 0.3) is 0 Å². The van der Waals surface area contributed by atoms with Crippen molar-refractivity contribution in [3.05, 3.63) is 0 Å².